The molecule has 1 heterocycles. The lowest BCUT2D eigenvalue weighted by atomic mass is 10.0. The first-order valence-electron chi connectivity index (χ1n) is 8.75. The Balaban J connectivity index is 1.70. The maximum absolute atomic E-state index is 13.7. The summed E-state index contributed by atoms with van der Waals surface area (Å²) < 4.78 is 16.3. The highest BCUT2D eigenvalue weighted by atomic mass is 79.9. The molecule has 28 heavy (non-hydrogen) atoms. The summed E-state index contributed by atoms with van der Waals surface area (Å²) in [6.45, 7) is 0. The summed E-state index contributed by atoms with van der Waals surface area (Å²) in [5.41, 5.74) is 1.14. The Hall–Kier alpha value is -2.80. The van der Waals surface area contributed by atoms with Crippen molar-refractivity contribution in [3.05, 3.63) is 88.2 Å². The van der Waals surface area contributed by atoms with Gasteiger partial charge in [-0.2, -0.15) is 0 Å². The number of ketones is 1. The van der Waals surface area contributed by atoms with E-state index in [0.717, 1.165) is 4.47 Å². The van der Waals surface area contributed by atoms with Gasteiger partial charge in [0.2, 0.25) is 5.91 Å². The molecule has 3 rings (SSSR count). The lowest BCUT2D eigenvalue weighted by Crippen LogP contribution is -2.31. The van der Waals surface area contributed by atoms with Crippen LogP contribution in [-0.4, -0.2) is 21.2 Å². The molecule has 5 nitrogen and oxygen atoms in total. The van der Waals surface area contributed by atoms with Crippen molar-refractivity contribution in [3.63, 3.8) is 0 Å². The number of hydrogen-bond donors (Lipinski definition) is 1. The van der Waals surface area contributed by atoms with Gasteiger partial charge in [-0.05, 0) is 29.8 Å². The van der Waals surface area contributed by atoms with E-state index in [-0.39, 0.29) is 24.5 Å². The number of hydrogen-bond acceptors (Lipinski definition) is 3. The smallest absolute Gasteiger partial charge is 0.221 e. The molecule has 1 amide bonds. The van der Waals surface area contributed by atoms with E-state index in [0.29, 0.717) is 17.0 Å². The van der Waals surface area contributed by atoms with Crippen LogP contribution in [0.4, 0.5) is 4.39 Å². The fourth-order valence-electron chi connectivity index (χ4n) is 2.88. The molecule has 0 bridgehead atoms. The number of benzene rings is 2. The van der Waals surface area contributed by atoms with Crippen LogP contribution >= 0.6 is 15.9 Å². The molecule has 1 aromatic heterocycles. The first-order chi connectivity index (χ1) is 13.4. The van der Waals surface area contributed by atoms with Crippen molar-refractivity contribution in [1.82, 2.24) is 14.9 Å². The van der Waals surface area contributed by atoms with Crippen molar-refractivity contribution in [1.29, 1.82) is 0 Å². The SMILES string of the molecule is Cn1ccnc1[C@@H](NC(=O)CCC(=O)c1ccc(Br)cc1)c1cccc(F)c1. The van der Waals surface area contributed by atoms with E-state index in [1.165, 1.54) is 12.1 Å². The fourth-order valence-corrected chi connectivity index (χ4v) is 3.14. The molecule has 2 aromatic carbocycles. The molecule has 0 unspecified atom stereocenters. The normalized spacial score (nSPS) is 11.8. The number of nitrogens with zero attached hydrogens (tertiary/aromatic N) is 2. The number of carbonyl (C=O) groups excluding carboxylic acids is 2. The standard InChI is InChI=1S/C21H19BrFN3O2/c1-26-12-11-24-21(26)20(15-3-2-4-17(23)13-15)25-19(28)10-9-18(27)14-5-7-16(22)8-6-14/h2-8,11-13,20H,9-10H2,1H3,(H,25,28)/t20-/m0/s1. The van der Waals surface area contributed by atoms with Gasteiger partial charge < -0.3 is 9.88 Å². The average Bonchev–Trinajstić information content (AvgIpc) is 3.10. The molecule has 1 N–H and O–H groups in total. The van der Waals surface area contributed by atoms with E-state index in [1.54, 1.807) is 60.4 Å². The maximum Gasteiger partial charge on any atom is 0.221 e. The molecule has 3 aromatic rings. The summed E-state index contributed by atoms with van der Waals surface area (Å²) in [5.74, 6) is -0.223. The van der Waals surface area contributed by atoms with Gasteiger partial charge in [0.05, 0.1) is 0 Å². The van der Waals surface area contributed by atoms with Gasteiger partial charge in [-0.15, -0.1) is 0 Å². The van der Waals surface area contributed by atoms with E-state index in [9.17, 15) is 14.0 Å². The number of rotatable bonds is 7. The zero-order valence-corrected chi connectivity index (χ0v) is 16.8. The molecule has 0 radical (unpaired) electrons. The van der Waals surface area contributed by atoms with E-state index >= 15 is 0 Å². The largest absolute Gasteiger partial charge is 0.342 e. The van der Waals surface area contributed by atoms with E-state index < -0.39 is 11.9 Å². The number of aromatic nitrogens is 2. The van der Waals surface area contributed by atoms with Crippen molar-refractivity contribution in [3.8, 4) is 0 Å². The Morgan fingerprint density at radius 1 is 1.18 bits per heavy atom. The fraction of sp³-hybridized carbons (Fsp3) is 0.190. The topological polar surface area (TPSA) is 64.0 Å². The van der Waals surface area contributed by atoms with E-state index in [4.69, 9.17) is 0 Å². The van der Waals surface area contributed by atoms with Gasteiger partial charge in [-0.1, -0.05) is 40.2 Å². The molecule has 144 valence electrons. The first-order valence-corrected chi connectivity index (χ1v) is 9.54. The van der Waals surface area contributed by atoms with Crippen LogP contribution in [-0.2, 0) is 11.8 Å². The third-order valence-electron chi connectivity index (χ3n) is 4.35. The second-order valence-corrected chi connectivity index (χ2v) is 7.30. The number of amides is 1. The quantitative estimate of drug-likeness (QED) is 0.556. The number of halogens is 2. The average molecular weight is 444 g/mol. The summed E-state index contributed by atoms with van der Waals surface area (Å²) >= 11 is 3.33. The Morgan fingerprint density at radius 3 is 2.57 bits per heavy atom. The van der Waals surface area contributed by atoms with Crippen LogP contribution < -0.4 is 5.32 Å². The summed E-state index contributed by atoms with van der Waals surface area (Å²) in [4.78, 5) is 29.1. The molecule has 0 aliphatic rings. The molecule has 0 fully saturated rings. The Bertz CT molecular complexity index is 985. The third kappa shape index (κ3) is 4.92. The molecule has 0 aliphatic heterocycles. The summed E-state index contributed by atoms with van der Waals surface area (Å²) in [5, 5.41) is 2.87. The minimum atomic E-state index is -0.606. The van der Waals surface area contributed by atoms with Crippen LogP contribution in [0.25, 0.3) is 0 Å². The zero-order chi connectivity index (χ0) is 20.1. The van der Waals surface area contributed by atoms with Crippen molar-refractivity contribution in [2.75, 3.05) is 0 Å². The van der Waals surface area contributed by atoms with Gasteiger partial charge in [-0.3, -0.25) is 9.59 Å². The zero-order valence-electron chi connectivity index (χ0n) is 15.2. The van der Waals surface area contributed by atoms with Gasteiger partial charge in [-0.25, -0.2) is 9.37 Å². The van der Waals surface area contributed by atoms with Gasteiger partial charge in [0.1, 0.15) is 17.7 Å². The molecule has 0 spiro atoms. The lowest BCUT2D eigenvalue weighted by Gasteiger charge is -2.19. The minimum absolute atomic E-state index is 0.0329. The number of Topliss-reactive ketones (excluding diaryl/α,β-unsaturated/α-hetero) is 1. The minimum Gasteiger partial charge on any atom is -0.342 e. The first kappa shape index (κ1) is 19.9. The summed E-state index contributed by atoms with van der Waals surface area (Å²) in [6.07, 6.45) is 3.49. The van der Waals surface area contributed by atoms with Crippen LogP contribution in [0.2, 0.25) is 0 Å². The predicted molar refractivity (Wildman–Crippen MR) is 107 cm³/mol. The second kappa shape index (κ2) is 8.93. The highest BCUT2D eigenvalue weighted by Crippen LogP contribution is 2.21. The van der Waals surface area contributed by atoms with Crippen LogP contribution in [0.5, 0.6) is 0 Å². The highest BCUT2D eigenvalue weighted by Gasteiger charge is 2.21. The monoisotopic (exact) mass is 443 g/mol. The number of nitrogens with one attached hydrogen (secondary N) is 1. The van der Waals surface area contributed by atoms with E-state index in [1.807, 2.05) is 0 Å². The number of aryl methyl sites for hydroxylation is 1. The van der Waals surface area contributed by atoms with Gasteiger partial charge in [0.25, 0.3) is 0 Å². The van der Waals surface area contributed by atoms with Crippen molar-refractivity contribution < 1.29 is 14.0 Å². The molecular formula is C21H19BrFN3O2. The predicted octanol–water partition coefficient (Wildman–Crippen LogP) is 4.19. The summed E-state index contributed by atoms with van der Waals surface area (Å²) in [6, 6.07) is 12.4. The molecule has 0 saturated heterocycles. The highest BCUT2D eigenvalue weighted by molar-refractivity contribution is 9.10. The summed E-state index contributed by atoms with van der Waals surface area (Å²) in [7, 11) is 1.80. The Morgan fingerprint density at radius 2 is 1.93 bits per heavy atom. The number of imidazole rings is 1. The number of carbonyl (C=O) groups is 2. The van der Waals surface area contributed by atoms with E-state index in [2.05, 4.69) is 26.2 Å². The van der Waals surface area contributed by atoms with Gasteiger partial charge >= 0.3 is 0 Å². The lowest BCUT2D eigenvalue weighted by molar-refractivity contribution is -0.121. The molecule has 0 aliphatic carbocycles. The van der Waals surface area contributed by atoms with Crippen molar-refractivity contribution in [2.45, 2.75) is 18.9 Å². The van der Waals surface area contributed by atoms with Crippen LogP contribution in [0.15, 0.2) is 65.4 Å². The van der Waals surface area contributed by atoms with Crippen molar-refractivity contribution in [2.24, 2.45) is 7.05 Å². The Kier molecular flexibility index (Phi) is 6.36. The second-order valence-electron chi connectivity index (χ2n) is 6.38. The molecule has 7 heteroatoms. The molecule has 0 saturated carbocycles. The van der Waals surface area contributed by atoms with Crippen molar-refractivity contribution >= 4 is 27.6 Å². The molecule has 1 atom stereocenters. The van der Waals surface area contributed by atoms with Crippen LogP contribution in [0.3, 0.4) is 0 Å². The van der Waals surface area contributed by atoms with Gasteiger partial charge in [0, 0.05) is 42.3 Å². The third-order valence-corrected chi connectivity index (χ3v) is 4.88. The molecular weight excluding hydrogens is 425 g/mol. The van der Waals surface area contributed by atoms with Crippen LogP contribution in [0, 0.1) is 5.82 Å². The van der Waals surface area contributed by atoms with Gasteiger partial charge in [0.15, 0.2) is 5.78 Å². The maximum atomic E-state index is 13.7. The van der Waals surface area contributed by atoms with Crippen LogP contribution in [0.1, 0.15) is 40.6 Å². The Labute approximate surface area is 170 Å².